The van der Waals surface area contributed by atoms with Gasteiger partial charge in [0.1, 0.15) is 5.60 Å². The van der Waals surface area contributed by atoms with Gasteiger partial charge in [-0.05, 0) is 33.2 Å². The molecule has 0 saturated carbocycles. The molecule has 0 aromatic carbocycles. The maximum atomic E-state index is 13.4. The Balaban J connectivity index is 3.93. The molecule has 19 heavy (non-hydrogen) atoms. The molecule has 1 atom stereocenters. The van der Waals surface area contributed by atoms with Crippen molar-refractivity contribution in [3.05, 3.63) is 0 Å². The Bertz CT molecular complexity index is 278. The molecule has 0 bridgehead atoms. The third-order valence-electron chi connectivity index (χ3n) is 2.46. The van der Waals surface area contributed by atoms with E-state index in [9.17, 15) is 13.6 Å². The molecule has 0 heterocycles. The van der Waals surface area contributed by atoms with Crippen molar-refractivity contribution >= 4 is 6.09 Å². The largest absolute Gasteiger partial charge is 0.444 e. The number of hydrogen-bond acceptors (Lipinski definition) is 3. The second-order valence-electron chi connectivity index (χ2n) is 5.86. The first kappa shape index (κ1) is 18.1. The van der Waals surface area contributed by atoms with Crippen LogP contribution in [-0.2, 0) is 4.74 Å². The lowest BCUT2D eigenvalue weighted by molar-refractivity contribution is -0.00396. The molecule has 1 amide bonds. The summed E-state index contributed by atoms with van der Waals surface area (Å²) in [5.41, 5.74) is -0.686. The summed E-state index contributed by atoms with van der Waals surface area (Å²) in [5, 5.41) is 4.79. The third-order valence-corrected chi connectivity index (χ3v) is 2.46. The molecule has 6 heteroatoms. The van der Waals surface area contributed by atoms with Crippen molar-refractivity contribution in [2.24, 2.45) is 5.92 Å². The number of nitrogens with one attached hydrogen (secondary N) is 2. The molecule has 0 aliphatic heterocycles. The Labute approximate surface area is 114 Å². The van der Waals surface area contributed by atoms with Crippen LogP contribution < -0.4 is 10.6 Å². The molecular weight excluding hydrogens is 254 g/mol. The van der Waals surface area contributed by atoms with Crippen LogP contribution in [0.15, 0.2) is 0 Å². The van der Waals surface area contributed by atoms with E-state index >= 15 is 0 Å². The van der Waals surface area contributed by atoms with Crippen molar-refractivity contribution in [1.29, 1.82) is 0 Å². The Morgan fingerprint density at radius 3 is 2.32 bits per heavy atom. The molecule has 2 N–H and O–H groups in total. The second-order valence-corrected chi connectivity index (χ2v) is 5.86. The number of hydrogen-bond donors (Lipinski definition) is 2. The van der Waals surface area contributed by atoms with Gasteiger partial charge >= 0.3 is 6.09 Å². The second kappa shape index (κ2) is 7.62. The van der Waals surface area contributed by atoms with Crippen LogP contribution in [0.3, 0.4) is 0 Å². The minimum absolute atomic E-state index is 0.356. The predicted octanol–water partition coefficient (Wildman–Crippen LogP) is 2.78. The molecule has 0 aliphatic rings. The van der Waals surface area contributed by atoms with Crippen LogP contribution in [0.1, 0.15) is 41.0 Å². The maximum absolute atomic E-state index is 13.4. The number of alkyl carbamates (subject to hydrolysis) is 1. The number of rotatable bonds is 7. The molecule has 0 spiro atoms. The van der Waals surface area contributed by atoms with E-state index in [0.29, 0.717) is 12.5 Å². The van der Waals surface area contributed by atoms with Gasteiger partial charge in [-0.2, -0.15) is 0 Å². The number of ether oxygens (including phenoxy) is 1. The fraction of sp³-hybridized carbons (Fsp3) is 0.923. The van der Waals surface area contributed by atoms with Crippen LogP contribution in [0.5, 0.6) is 0 Å². The number of carbonyl (C=O) groups is 1. The summed E-state index contributed by atoms with van der Waals surface area (Å²) < 4.78 is 31.8. The highest BCUT2D eigenvalue weighted by molar-refractivity contribution is 5.67. The van der Waals surface area contributed by atoms with Crippen LogP contribution in [0, 0.1) is 5.92 Å². The normalized spacial score (nSPS) is 14.1. The van der Waals surface area contributed by atoms with Gasteiger partial charge in [0.15, 0.2) is 0 Å². The smallest absolute Gasteiger partial charge is 0.407 e. The van der Waals surface area contributed by atoms with Gasteiger partial charge < -0.3 is 15.4 Å². The van der Waals surface area contributed by atoms with Crippen LogP contribution in [-0.4, -0.2) is 37.3 Å². The van der Waals surface area contributed by atoms with Gasteiger partial charge in [0, 0.05) is 0 Å². The molecule has 0 aromatic rings. The molecule has 0 fully saturated rings. The molecular formula is C13H26F2N2O2. The van der Waals surface area contributed by atoms with Crippen molar-refractivity contribution in [3.8, 4) is 0 Å². The van der Waals surface area contributed by atoms with Gasteiger partial charge in [0.25, 0.3) is 5.92 Å². The summed E-state index contributed by atoms with van der Waals surface area (Å²) in [7, 11) is 0. The zero-order valence-corrected chi connectivity index (χ0v) is 12.5. The van der Waals surface area contributed by atoms with Crippen molar-refractivity contribution in [2.75, 3.05) is 19.6 Å². The topological polar surface area (TPSA) is 50.4 Å². The first-order chi connectivity index (χ1) is 8.56. The lowest BCUT2D eigenvalue weighted by Crippen LogP contribution is -2.45. The maximum Gasteiger partial charge on any atom is 0.407 e. The molecule has 0 aromatic heterocycles. The van der Waals surface area contributed by atoms with Gasteiger partial charge in [-0.25, -0.2) is 13.6 Å². The fourth-order valence-corrected chi connectivity index (χ4v) is 1.22. The van der Waals surface area contributed by atoms with Crippen molar-refractivity contribution in [3.63, 3.8) is 0 Å². The van der Waals surface area contributed by atoms with Gasteiger partial charge in [-0.15, -0.1) is 0 Å². The standard InChI is InChI=1S/C13H26F2N2O2/c1-6-10(2)7-16-8-13(14,15)9-17-11(18)19-12(3,4)5/h10,16H,6-9H2,1-5H3,(H,17,18). The molecule has 0 aliphatic carbocycles. The van der Waals surface area contributed by atoms with E-state index in [-0.39, 0.29) is 0 Å². The van der Waals surface area contributed by atoms with Crippen molar-refractivity contribution in [2.45, 2.75) is 52.6 Å². The molecule has 0 rings (SSSR count). The molecule has 0 radical (unpaired) electrons. The quantitative estimate of drug-likeness (QED) is 0.754. The summed E-state index contributed by atoms with van der Waals surface area (Å²) in [6, 6.07) is 0. The number of carbonyl (C=O) groups excluding carboxylic acids is 1. The highest BCUT2D eigenvalue weighted by Crippen LogP contribution is 2.12. The van der Waals surface area contributed by atoms with Crippen LogP contribution in [0.4, 0.5) is 13.6 Å². The number of amides is 1. The Hall–Kier alpha value is -0.910. The average Bonchev–Trinajstić information content (AvgIpc) is 2.24. The van der Waals surface area contributed by atoms with E-state index < -0.39 is 30.7 Å². The zero-order valence-electron chi connectivity index (χ0n) is 12.5. The van der Waals surface area contributed by atoms with Gasteiger partial charge in [0.05, 0.1) is 13.1 Å². The van der Waals surface area contributed by atoms with E-state index in [4.69, 9.17) is 4.74 Å². The minimum atomic E-state index is -2.98. The van der Waals surface area contributed by atoms with Crippen molar-refractivity contribution in [1.82, 2.24) is 10.6 Å². The van der Waals surface area contributed by atoms with E-state index in [1.807, 2.05) is 13.8 Å². The van der Waals surface area contributed by atoms with Gasteiger partial charge in [0.2, 0.25) is 0 Å². The van der Waals surface area contributed by atoms with Crippen molar-refractivity contribution < 1.29 is 18.3 Å². The van der Waals surface area contributed by atoms with E-state index in [0.717, 1.165) is 6.42 Å². The van der Waals surface area contributed by atoms with Crippen LogP contribution >= 0.6 is 0 Å². The number of alkyl halides is 2. The highest BCUT2D eigenvalue weighted by Gasteiger charge is 2.30. The Morgan fingerprint density at radius 2 is 1.84 bits per heavy atom. The lowest BCUT2D eigenvalue weighted by Gasteiger charge is -2.22. The average molecular weight is 280 g/mol. The first-order valence-electron chi connectivity index (χ1n) is 6.61. The molecule has 4 nitrogen and oxygen atoms in total. The van der Waals surface area contributed by atoms with Gasteiger partial charge in [-0.1, -0.05) is 20.3 Å². The van der Waals surface area contributed by atoms with Crippen LogP contribution in [0.2, 0.25) is 0 Å². The fourth-order valence-electron chi connectivity index (χ4n) is 1.22. The predicted molar refractivity (Wildman–Crippen MR) is 71.5 cm³/mol. The van der Waals surface area contributed by atoms with E-state index in [1.165, 1.54) is 0 Å². The number of halogens is 2. The molecule has 0 saturated heterocycles. The summed E-state index contributed by atoms with van der Waals surface area (Å²) in [6.07, 6.45) is 0.114. The summed E-state index contributed by atoms with van der Waals surface area (Å²) in [4.78, 5) is 11.2. The Morgan fingerprint density at radius 1 is 1.26 bits per heavy atom. The van der Waals surface area contributed by atoms with Crippen LogP contribution in [0.25, 0.3) is 0 Å². The highest BCUT2D eigenvalue weighted by atomic mass is 19.3. The first-order valence-corrected chi connectivity index (χ1v) is 6.61. The monoisotopic (exact) mass is 280 g/mol. The summed E-state index contributed by atoms with van der Waals surface area (Å²) in [6.45, 7) is 8.40. The molecule has 1 unspecified atom stereocenters. The zero-order chi connectivity index (χ0) is 15.1. The summed E-state index contributed by atoms with van der Waals surface area (Å²) >= 11 is 0. The SMILES string of the molecule is CCC(C)CNCC(F)(F)CNC(=O)OC(C)(C)C. The molecule has 114 valence electrons. The minimum Gasteiger partial charge on any atom is -0.444 e. The summed E-state index contributed by atoms with van der Waals surface area (Å²) in [5.74, 6) is -2.63. The van der Waals surface area contributed by atoms with E-state index in [2.05, 4.69) is 10.6 Å². The van der Waals surface area contributed by atoms with E-state index in [1.54, 1.807) is 20.8 Å². The lowest BCUT2D eigenvalue weighted by atomic mass is 10.1. The van der Waals surface area contributed by atoms with Gasteiger partial charge in [-0.3, -0.25) is 0 Å². The third kappa shape index (κ3) is 10.7. The Kier molecular flexibility index (Phi) is 7.26.